The zero-order valence-electron chi connectivity index (χ0n) is 14.1. The van der Waals surface area contributed by atoms with Crippen LogP contribution in [0.2, 0.25) is 0 Å². The van der Waals surface area contributed by atoms with Gasteiger partial charge in [0.05, 0.1) is 10.6 Å². The summed E-state index contributed by atoms with van der Waals surface area (Å²) in [5, 5.41) is 12.7. The van der Waals surface area contributed by atoms with Crippen LogP contribution >= 0.6 is 24.2 Å². The molecule has 1 aliphatic rings. The van der Waals surface area contributed by atoms with E-state index in [1.807, 2.05) is 17.7 Å². The number of sulfone groups is 1. The van der Waals surface area contributed by atoms with Crippen LogP contribution in [-0.4, -0.2) is 47.8 Å². The van der Waals surface area contributed by atoms with Gasteiger partial charge in [0.1, 0.15) is 5.82 Å². The van der Waals surface area contributed by atoms with Crippen LogP contribution in [0.5, 0.6) is 0 Å². The molecule has 138 valence electrons. The normalized spacial score (nSPS) is 17.9. The van der Waals surface area contributed by atoms with E-state index in [1.54, 1.807) is 24.3 Å². The molecule has 1 unspecified atom stereocenters. The molecule has 1 fully saturated rings. The van der Waals surface area contributed by atoms with Gasteiger partial charge in [-0.05, 0) is 31.5 Å². The molecule has 0 saturated carbocycles. The van der Waals surface area contributed by atoms with E-state index in [2.05, 4.69) is 15.5 Å². The third-order valence-corrected chi connectivity index (χ3v) is 7.23. The molecule has 6 nitrogen and oxygen atoms in total. The highest BCUT2D eigenvalue weighted by atomic mass is 35.5. The van der Waals surface area contributed by atoms with Crippen LogP contribution in [0, 0.1) is 0 Å². The standard InChI is InChI=1S/C16H22N4O2S2.ClH/c1-20-15(13-6-5-9-17-12-13)18-19-16(20)23-10-11-24(21,22)14-7-3-2-4-8-14;/h2-4,7-8,13,17H,5-6,9-12H2,1H3;1H. The number of piperidine rings is 1. The van der Waals surface area contributed by atoms with E-state index in [0.29, 0.717) is 16.6 Å². The second-order valence-corrected chi connectivity index (χ2v) is 9.09. The maximum Gasteiger partial charge on any atom is 0.190 e. The maximum absolute atomic E-state index is 12.3. The Kier molecular flexibility index (Phi) is 7.30. The molecule has 0 radical (unpaired) electrons. The molecule has 2 heterocycles. The van der Waals surface area contributed by atoms with Crippen LogP contribution in [-0.2, 0) is 16.9 Å². The molecule has 0 bridgehead atoms. The van der Waals surface area contributed by atoms with Crippen molar-refractivity contribution in [1.82, 2.24) is 20.1 Å². The molecule has 0 aliphatic carbocycles. The van der Waals surface area contributed by atoms with Gasteiger partial charge in [0.15, 0.2) is 15.0 Å². The number of hydrogen-bond acceptors (Lipinski definition) is 6. The van der Waals surface area contributed by atoms with Crippen LogP contribution in [0.1, 0.15) is 24.6 Å². The number of aromatic nitrogens is 3. The number of nitrogens with zero attached hydrogens (tertiary/aromatic N) is 3. The predicted octanol–water partition coefficient (Wildman–Crippen LogP) is 2.27. The lowest BCUT2D eigenvalue weighted by atomic mass is 9.99. The van der Waals surface area contributed by atoms with Gasteiger partial charge in [-0.2, -0.15) is 0 Å². The topological polar surface area (TPSA) is 76.9 Å². The summed E-state index contributed by atoms with van der Waals surface area (Å²) in [7, 11) is -1.29. The molecule has 1 atom stereocenters. The van der Waals surface area contributed by atoms with Crippen molar-refractivity contribution >= 4 is 34.0 Å². The lowest BCUT2D eigenvalue weighted by Crippen LogP contribution is -2.29. The van der Waals surface area contributed by atoms with Crippen LogP contribution in [0.15, 0.2) is 40.4 Å². The first-order valence-corrected chi connectivity index (χ1v) is 10.7. The maximum atomic E-state index is 12.3. The minimum Gasteiger partial charge on any atom is -0.316 e. The minimum atomic E-state index is -3.25. The Bertz CT molecular complexity index is 775. The van der Waals surface area contributed by atoms with E-state index >= 15 is 0 Å². The van der Waals surface area contributed by atoms with Crippen molar-refractivity contribution in [3.05, 3.63) is 36.2 Å². The molecule has 1 aliphatic heterocycles. The van der Waals surface area contributed by atoms with Gasteiger partial charge in [0.2, 0.25) is 0 Å². The summed E-state index contributed by atoms with van der Waals surface area (Å²) in [6, 6.07) is 8.57. The van der Waals surface area contributed by atoms with Gasteiger partial charge in [-0.1, -0.05) is 30.0 Å². The molecule has 0 amide bonds. The molecule has 3 rings (SSSR count). The van der Waals surface area contributed by atoms with Gasteiger partial charge >= 0.3 is 0 Å². The third-order valence-electron chi connectivity index (χ3n) is 4.22. The fraction of sp³-hybridized carbons (Fsp3) is 0.500. The fourth-order valence-corrected chi connectivity index (χ4v) is 5.45. The molecule has 0 spiro atoms. The van der Waals surface area contributed by atoms with E-state index in [4.69, 9.17) is 0 Å². The highest BCUT2D eigenvalue weighted by Gasteiger charge is 2.22. The zero-order valence-corrected chi connectivity index (χ0v) is 16.5. The van der Waals surface area contributed by atoms with Gasteiger partial charge < -0.3 is 9.88 Å². The summed E-state index contributed by atoms with van der Waals surface area (Å²) < 4.78 is 26.6. The van der Waals surface area contributed by atoms with Gasteiger partial charge in [-0.3, -0.25) is 0 Å². The highest BCUT2D eigenvalue weighted by molar-refractivity contribution is 8.00. The summed E-state index contributed by atoms with van der Waals surface area (Å²) in [5.74, 6) is 1.93. The quantitative estimate of drug-likeness (QED) is 0.747. The molecular weight excluding hydrogens is 380 g/mol. The zero-order chi connectivity index (χ0) is 17.0. The first-order chi connectivity index (χ1) is 11.6. The van der Waals surface area contributed by atoms with Gasteiger partial charge in [0.25, 0.3) is 0 Å². The Balaban J connectivity index is 0.00000225. The van der Waals surface area contributed by atoms with Crippen molar-refractivity contribution in [3.8, 4) is 0 Å². The fourth-order valence-electron chi connectivity index (χ4n) is 2.87. The Labute approximate surface area is 159 Å². The molecule has 2 aromatic rings. The second-order valence-electron chi connectivity index (χ2n) is 5.92. The number of rotatable bonds is 6. The van der Waals surface area contributed by atoms with Crippen molar-refractivity contribution in [2.24, 2.45) is 7.05 Å². The van der Waals surface area contributed by atoms with Gasteiger partial charge in [0, 0.05) is 25.3 Å². The van der Waals surface area contributed by atoms with E-state index in [9.17, 15) is 8.42 Å². The van der Waals surface area contributed by atoms with Gasteiger partial charge in [-0.15, -0.1) is 22.6 Å². The summed E-state index contributed by atoms with van der Waals surface area (Å²) in [4.78, 5) is 0.373. The average Bonchev–Trinajstić information content (AvgIpc) is 2.97. The Morgan fingerprint density at radius 1 is 1.28 bits per heavy atom. The molecule has 9 heteroatoms. The molecule has 25 heavy (non-hydrogen) atoms. The van der Waals surface area contributed by atoms with Crippen LogP contribution in [0.3, 0.4) is 0 Å². The summed E-state index contributed by atoms with van der Waals surface area (Å²) in [6.45, 7) is 1.99. The first kappa shape index (κ1) is 20.2. The van der Waals surface area contributed by atoms with Crippen molar-refractivity contribution < 1.29 is 8.42 Å². The highest BCUT2D eigenvalue weighted by Crippen LogP contribution is 2.25. The van der Waals surface area contributed by atoms with Crippen molar-refractivity contribution in [1.29, 1.82) is 0 Å². The van der Waals surface area contributed by atoms with E-state index in [1.165, 1.54) is 11.8 Å². The predicted molar refractivity (Wildman–Crippen MR) is 102 cm³/mol. The van der Waals surface area contributed by atoms with Crippen molar-refractivity contribution in [2.75, 3.05) is 24.6 Å². The smallest absolute Gasteiger partial charge is 0.190 e. The minimum absolute atomic E-state index is 0. The van der Waals surface area contributed by atoms with Crippen LogP contribution < -0.4 is 5.32 Å². The number of halogens is 1. The summed E-state index contributed by atoms with van der Waals surface area (Å²) >= 11 is 1.44. The van der Waals surface area contributed by atoms with E-state index in [0.717, 1.165) is 36.9 Å². The number of nitrogens with one attached hydrogen (secondary N) is 1. The molecule has 1 aromatic heterocycles. The van der Waals surface area contributed by atoms with Crippen molar-refractivity contribution in [2.45, 2.75) is 28.8 Å². The van der Waals surface area contributed by atoms with Gasteiger partial charge in [-0.25, -0.2) is 8.42 Å². The summed E-state index contributed by atoms with van der Waals surface area (Å²) in [6.07, 6.45) is 2.27. The Hall–Kier alpha value is -1.09. The molecule has 1 N–H and O–H groups in total. The lowest BCUT2D eigenvalue weighted by molar-refractivity contribution is 0.436. The lowest BCUT2D eigenvalue weighted by Gasteiger charge is -2.21. The monoisotopic (exact) mass is 402 g/mol. The molecule has 1 saturated heterocycles. The van der Waals surface area contributed by atoms with E-state index in [-0.39, 0.29) is 18.2 Å². The number of benzene rings is 1. The summed E-state index contributed by atoms with van der Waals surface area (Å²) in [5.41, 5.74) is 0. The second kappa shape index (κ2) is 9.02. The van der Waals surface area contributed by atoms with Crippen LogP contribution in [0.4, 0.5) is 0 Å². The SMILES string of the molecule is Cl.Cn1c(SCCS(=O)(=O)c2ccccc2)nnc1C1CCCNC1. The molecule has 1 aromatic carbocycles. The Morgan fingerprint density at radius 2 is 2.04 bits per heavy atom. The van der Waals surface area contributed by atoms with Crippen LogP contribution in [0.25, 0.3) is 0 Å². The molecular formula is C16H23ClN4O2S2. The third kappa shape index (κ3) is 4.97. The largest absolute Gasteiger partial charge is 0.316 e. The van der Waals surface area contributed by atoms with E-state index < -0.39 is 9.84 Å². The number of hydrogen-bond donors (Lipinski definition) is 1. The Morgan fingerprint density at radius 3 is 2.72 bits per heavy atom. The average molecular weight is 403 g/mol. The number of thioether (sulfide) groups is 1. The first-order valence-electron chi connectivity index (χ1n) is 8.08. The van der Waals surface area contributed by atoms with Crippen molar-refractivity contribution in [3.63, 3.8) is 0 Å².